The zero-order valence-electron chi connectivity index (χ0n) is 11.4. The third-order valence-corrected chi connectivity index (χ3v) is 3.91. The highest BCUT2D eigenvalue weighted by Crippen LogP contribution is 2.28. The minimum atomic E-state index is 0.0271. The van der Waals surface area contributed by atoms with Crippen molar-refractivity contribution in [2.75, 3.05) is 7.11 Å². The Hall–Kier alpha value is -1.06. The number of hydrogen-bond donors (Lipinski definition) is 1. The molecule has 1 saturated carbocycles. The monoisotopic (exact) mass is 249 g/mol. The molecule has 0 aliphatic heterocycles. The molecule has 4 unspecified atom stereocenters. The van der Waals surface area contributed by atoms with Gasteiger partial charge in [-0.15, -0.1) is 0 Å². The zero-order chi connectivity index (χ0) is 13.1. The summed E-state index contributed by atoms with van der Waals surface area (Å²) in [6.45, 7) is 4.44. The van der Waals surface area contributed by atoms with E-state index in [1.54, 1.807) is 7.11 Å². The SMILES string of the molecule is CCC(C)c1ccc(OC2CC(N)C2OC)cc1. The van der Waals surface area contributed by atoms with Gasteiger partial charge >= 0.3 is 0 Å². The molecule has 0 aromatic heterocycles. The standard InChI is InChI=1S/C15H23NO2/c1-4-10(2)11-5-7-12(8-6-11)18-14-9-13(16)15(14)17-3/h5-8,10,13-15H,4,9,16H2,1-3H3. The van der Waals surface area contributed by atoms with Crippen LogP contribution in [0.1, 0.15) is 38.2 Å². The molecule has 1 aliphatic carbocycles. The van der Waals surface area contributed by atoms with Gasteiger partial charge in [0.25, 0.3) is 0 Å². The highest BCUT2D eigenvalue weighted by Gasteiger charge is 2.40. The van der Waals surface area contributed by atoms with Crippen LogP contribution in [0.15, 0.2) is 24.3 Å². The van der Waals surface area contributed by atoms with Crippen LogP contribution in [0.25, 0.3) is 0 Å². The second kappa shape index (κ2) is 5.72. The van der Waals surface area contributed by atoms with E-state index in [1.807, 2.05) is 12.1 Å². The summed E-state index contributed by atoms with van der Waals surface area (Å²) < 4.78 is 11.2. The zero-order valence-corrected chi connectivity index (χ0v) is 11.4. The van der Waals surface area contributed by atoms with Gasteiger partial charge < -0.3 is 15.2 Å². The molecular formula is C15H23NO2. The van der Waals surface area contributed by atoms with Gasteiger partial charge in [0.05, 0.1) is 0 Å². The van der Waals surface area contributed by atoms with Crippen molar-refractivity contribution in [2.24, 2.45) is 5.73 Å². The van der Waals surface area contributed by atoms with Crippen LogP contribution < -0.4 is 10.5 Å². The molecule has 0 radical (unpaired) electrons. The maximum absolute atomic E-state index is 5.89. The van der Waals surface area contributed by atoms with Crippen LogP contribution in [0.5, 0.6) is 5.75 Å². The van der Waals surface area contributed by atoms with E-state index >= 15 is 0 Å². The average molecular weight is 249 g/mol. The van der Waals surface area contributed by atoms with Gasteiger partial charge in [-0.2, -0.15) is 0 Å². The van der Waals surface area contributed by atoms with E-state index in [2.05, 4.69) is 26.0 Å². The average Bonchev–Trinajstić information content (AvgIpc) is 2.38. The number of methoxy groups -OCH3 is 1. The summed E-state index contributed by atoms with van der Waals surface area (Å²) in [5, 5.41) is 0. The molecule has 0 amide bonds. The van der Waals surface area contributed by atoms with Crippen LogP contribution in [-0.2, 0) is 4.74 Å². The fraction of sp³-hybridized carbons (Fsp3) is 0.600. The maximum atomic E-state index is 5.89. The number of benzene rings is 1. The highest BCUT2D eigenvalue weighted by molar-refractivity contribution is 5.29. The van der Waals surface area contributed by atoms with Crippen LogP contribution in [0, 0.1) is 0 Å². The molecule has 1 aliphatic rings. The van der Waals surface area contributed by atoms with Gasteiger partial charge in [-0.3, -0.25) is 0 Å². The van der Waals surface area contributed by atoms with Crippen molar-refractivity contribution < 1.29 is 9.47 Å². The van der Waals surface area contributed by atoms with Gasteiger partial charge in [0.15, 0.2) is 0 Å². The molecule has 1 aromatic carbocycles. The molecule has 2 rings (SSSR count). The molecule has 0 bridgehead atoms. The smallest absolute Gasteiger partial charge is 0.128 e. The molecule has 0 heterocycles. The Labute approximate surface area is 109 Å². The van der Waals surface area contributed by atoms with E-state index in [-0.39, 0.29) is 18.2 Å². The van der Waals surface area contributed by atoms with Crippen LogP contribution in [0.2, 0.25) is 0 Å². The third-order valence-electron chi connectivity index (χ3n) is 3.91. The molecule has 2 N–H and O–H groups in total. The Morgan fingerprint density at radius 1 is 1.33 bits per heavy atom. The molecule has 0 saturated heterocycles. The lowest BCUT2D eigenvalue weighted by Gasteiger charge is -2.41. The van der Waals surface area contributed by atoms with Crippen molar-refractivity contribution >= 4 is 0 Å². The Bertz CT molecular complexity index is 377. The second-order valence-corrected chi connectivity index (χ2v) is 5.13. The summed E-state index contributed by atoms with van der Waals surface area (Å²) in [6.07, 6.45) is 2.15. The van der Waals surface area contributed by atoms with Crippen LogP contribution in [0.4, 0.5) is 0 Å². The Morgan fingerprint density at radius 2 is 2.00 bits per heavy atom. The first-order valence-corrected chi connectivity index (χ1v) is 6.70. The van der Waals surface area contributed by atoms with Crippen molar-refractivity contribution in [1.29, 1.82) is 0 Å². The van der Waals surface area contributed by atoms with Crippen molar-refractivity contribution in [3.05, 3.63) is 29.8 Å². The van der Waals surface area contributed by atoms with Gasteiger partial charge in [0.1, 0.15) is 18.0 Å². The third kappa shape index (κ3) is 2.68. The summed E-state index contributed by atoms with van der Waals surface area (Å²) >= 11 is 0. The van der Waals surface area contributed by atoms with E-state index in [0.29, 0.717) is 5.92 Å². The molecule has 1 aromatic rings. The lowest BCUT2D eigenvalue weighted by atomic mass is 9.86. The molecule has 100 valence electrons. The largest absolute Gasteiger partial charge is 0.488 e. The first kappa shape index (κ1) is 13.4. The van der Waals surface area contributed by atoms with E-state index in [4.69, 9.17) is 15.2 Å². The van der Waals surface area contributed by atoms with E-state index in [9.17, 15) is 0 Å². The molecule has 0 spiro atoms. The van der Waals surface area contributed by atoms with E-state index < -0.39 is 0 Å². The predicted molar refractivity (Wildman–Crippen MR) is 73.0 cm³/mol. The van der Waals surface area contributed by atoms with Crippen molar-refractivity contribution in [3.8, 4) is 5.75 Å². The Kier molecular flexibility index (Phi) is 4.25. The quantitative estimate of drug-likeness (QED) is 0.872. The van der Waals surface area contributed by atoms with Crippen LogP contribution >= 0.6 is 0 Å². The normalized spacial score (nSPS) is 28.6. The fourth-order valence-corrected chi connectivity index (χ4v) is 2.34. The lowest BCUT2D eigenvalue weighted by molar-refractivity contribution is -0.0782. The summed E-state index contributed by atoms with van der Waals surface area (Å²) in [7, 11) is 1.69. The number of rotatable bonds is 5. The van der Waals surface area contributed by atoms with Gasteiger partial charge in [-0.05, 0) is 30.0 Å². The molecule has 4 atom stereocenters. The fourth-order valence-electron chi connectivity index (χ4n) is 2.34. The van der Waals surface area contributed by atoms with E-state index in [1.165, 1.54) is 5.56 Å². The second-order valence-electron chi connectivity index (χ2n) is 5.13. The number of nitrogens with two attached hydrogens (primary N) is 1. The first-order valence-electron chi connectivity index (χ1n) is 6.70. The molecule has 3 nitrogen and oxygen atoms in total. The minimum absolute atomic E-state index is 0.0271. The summed E-state index contributed by atoms with van der Waals surface area (Å²) in [5.41, 5.74) is 7.21. The first-order chi connectivity index (χ1) is 8.65. The van der Waals surface area contributed by atoms with Crippen molar-refractivity contribution in [2.45, 2.75) is 50.9 Å². The minimum Gasteiger partial charge on any atom is -0.488 e. The van der Waals surface area contributed by atoms with Gasteiger partial charge in [0, 0.05) is 19.6 Å². The summed E-state index contributed by atoms with van der Waals surface area (Å²) in [4.78, 5) is 0. The lowest BCUT2D eigenvalue weighted by Crippen LogP contribution is -2.59. The van der Waals surface area contributed by atoms with Crippen LogP contribution in [0.3, 0.4) is 0 Å². The van der Waals surface area contributed by atoms with Gasteiger partial charge in [-0.1, -0.05) is 26.0 Å². The molecule has 3 heteroatoms. The van der Waals surface area contributed by atoms with Gasteiger partial charge in [-0.25, -0.2) is 0 Å². The Morgan fingerprint density at radius 3 is 2.50 bits per heavy atom. The maximum Gasteiger partial charge on any atom is 0.128 e. The molecule has 18 heavy (non-hydrogen) atoms. The summed E-state index contributed by atoms with van der Waals surface area (Å²) in [6, 6.07) is 8.48. The van der Waals surface area contributed by atoms with Crippen molar-refractivity contribution in [1.82, 2.24) is 0 Å². The molecular weight excluding hydrogens is 226 g/mol. The van der Waals surface area contributed by atoms with Gasteiger partial charge in [0.2, 0.25) is 0 Å². The number of hydrogen-bond acceptors (Lipinski definition) is 3. The molecule has 1 fully saturated rings. The highest BCUT2D eigenvalue weighted by atomic mass is 16.5. The van der Waals surface area contributed by atoms with Crippen molar-refractivity contribution in [3.63, 3.8) is 0 Å². The van der Waals surface area contributed by atoms with Crippen LogP contribution in [-0.4, -0.2) is 25.4 Å². The Balaban J connectivity index is 1.95. The van der Waals surface area contributed by atoms with E-state index in [0.717, 1.165) is 18.6 Å². The number of ether oxygens (including phenoxy) is 2. The topological polar surface area (TPSA) is 44.5 Å². The predicted octanol–water partition coefficient (Wildman–Crippen LogP) is 2.69. The summed E-state index contributed by atoms with van der Waals surface area (Å²) in [5.74, 6) is 1.50.